The van der Waals surface area contributed by atoms with Crippen molar-refractivity contribution in [2.24, 2.45) is 11.6 Å². The molecule has 0 aliphatic heterocycles. The van der Waals surface area contributed by atoms with Crippen molar-refractivity contribution in [1.29, 1.82) is 0 Å². The predicted octanol–water partition coefficient (Wildman–Crippen LogP) is 0.0460. The van der Waals surface area contributed by atoms with Crippen molar-refractivity contribution in [1.82, 2.24) is 0 Å². The average molecular weight is 144 g/mol. The van der Waals surface area contributed by atoms with Crippen LogP contribution in [0.25, 0.3) is 0 Å². The standard InChI is InChI=1S/C6H12N2O2/c1-3-5(7)4(2)6(9)10-8/h3,7-8H2,1-2H3. The first-order chi connectivity index (χ1) is 4.63. The Balaban J connectivity index is 4.30. The average Bonchev–Trinajstić information content (AvgIpc) is 2.00. The van der Waals surface area contributed by atoms with E-state index < -0.39 is 5.97 Å². The molecule has 0 aromatic carbocycles. The van der Waals surface area contributed by atoms with Crippen LogP contribution >= 0.6 is 0 Å². The summed E-state index contributed by atoms with van der Waals surface area (Å²) >= 11 is 0. The van der Waals surface area contributed by atoms with Gasteiger partial charge < -0.3 is 10.6 Å². The molecule has 0 aliphatic rings. The molecule has 0 saturated carbocycles. The number of carbonyl (C=O) groups is 1. The van der Waals surface area contributed by atoms with Crippen molar-refractivity contribution in [2.45, 2.75) is 20.3 Å². The summed E-state index contributed by atoms with van der Waals surface area (Å²) in [5.74, 6) is 4.06. The molecule has 10 heavy (non-hydrogen) atoms. The lowest BCUT2D eigenvalue weighted by Crippen LogP contribution is -2.14. The normalized spacial score (nSPS) is 12.3. The molecule has 0 aromatic rings. The Bertz CT molecular complexity index is 163. The first kappa shape index (κ1) is 8.97. The molecule has 4 heteroatoms. The van der Waals surface area contributed by atoms with Gasteiger partial charge in [0, 0.05) is 5.70 Å². The summed E-state index contributed by atoms with van der Waals surface area (Å²) < 4.78 is 0. The van der Waals surface area contributed by atoms with Gasteiger partial charge in [-0.15, -0.1) is 0 Å². The van der Waals surface area contributed by atoms with E-state index in [1.165, 1.54) is 0 Å². The van der Waals surface area contributed by atoms with E-state index in [4.69, 9.17) is 5.73 Å². The third kappa shape index (κ3) is 2.06. The third-order valence-corrected chi connectivity index (χ3v) is 1.28. The molecule has 4 nitrogen and oxygen atoms in total. The minimum atomic E-state index is -0.570. The number of hydrogen-bond donors (Lipinski definition) is 2. The zero-order valence-corrected chi connectivity index (χ0v) is 6.18. The van der Waals surface area contributed by atoms with Gasteiger partial charge in [0.15, 0.2) is 0 Å². The van der Waals surface area contributed by atoms with Crippen LogP contribution in [0.2, 0.25) is 0 Å². The van der Waals surface area contributed by atoms with E-state index in [0.29, 0.717) is 17.7 Å². The molecule has 0 spiro atoms. The van der Waals surface area contributed by atoms with Crippen LogP contribution in [0, 0.1) is 0 Å². The second kappa shape index (κ2) is 3.90. The number of hydrogen-bond acceptors (Lipinski definition) is 4. The highest BCUT2D eigenvalue weighted by molar-refractivity contribution is 5.88. The molecule has 0 fully saturated rings. The zero-order valence-electron chi connectivity index (χ0n) is 6.18. The molecule has 58 valence electrons. The summed E-state index contributed by atoms with van der Waals surface area (Å²) in [4.78, 5) is 14.6. The van der Waals surface area contributed by atoms with Crippen molar-refractivity contribution in [3.63, 3.8) is 0 Å². The Hall–Kier alpha value is -1.03. The van der Waals surface area contributed by atoms with Gasteiger partial charge in [-0.05, 0) is 13.3 Å². The van der Waals surface area contributed by atoms with E-state index in [1.807, 2.05) is 6.92 Å². The van der Waals surface area contributed by atoms with Crippen molar-refractivity contribution in [3.8, 4) is 0 Å². The van der Waals surface area contributed by atoms with Crippen LogP contribution < -0.4 is 11.6 Å². The van der Waals surface area contributed by atoms with Crippen molar-refractivity contribution < 1.29 is 9.63 Å². The topological polar surface area (TPSA) is 78.3 Å². The van der Waals surface area contributed by atoms with E-state index in [-0.39, 0.29) is 0 Å². The number of carbonyl (C=O) groups excluding carboxylic acids is 1. The van der Waals surface area contributed by atoms with Crippen LogP contribution in [0.1, 0.15) is 20.3 Å². The molecule has 0 unspecified atom stereocenters. The summed E-state index contributed by atoms with van der Waals surface area (Å²) in [6, 6.07) is 0. The number of allylic oxidation sites excluding steroid dienone is 1. The Morgan fingerprint density at radius 2 is 2.10 bits per heavy atom. The summed E-state index contributed by atoms with van der Waals surface area (Å²) in [7, 11) is 0. The monoisotopic (exact) mass is 144 g/mol. The zero-order chi connectivity index (χ0) is 8.15. The smallest absolute Gasteiger partial charge is 0.353 e. The Labute approximate surface area is 59.8 Å². The van der Waals surface area contributed by atoms with Crippen molar-refractivity contribution in [2.75, 3.05) is 0 Å². The summed E-state index contributed by atoms with van der Waals surface area (Å²) in [6.07, 6.45) is 0.626. The maximum Gasteiger partial charge on any atom is 0.353 e. The van der Waals surface area contributed by atoms with Crippen LogP contribution in [0.15, 0.2) is 11.3 Å². The third-order valence-electron chi connectivity index (χ3n) is 1.28. The fourth-order valence-electron chi connectivity index (χ4n) is 0.485. The Kier molecular flexibility index (Phi) is 3.49. The Morgan fingerprint density at radius 3 is 2.40 bits per heavy atom. The van der Waals surface area contributed by atoms with Crippen molar-refractivity contribution in [3.05, 3.63) is 11.3 Å². The minimum absolute atomic E-state index is 0.380. The molecule has 0 heterocycles. The highest BCUT2D eigenvalue weighted by Crippen LogP contribution is 2.02. The van der Waals surface area contributed by atoms with E-state index in [0.717, 1.165) is 0 Å². The van der Waals surface area contributed by atoms with Crippen molar-refractivity contribution >= 4 is 5.97 Å². The second-order valence-electron chi connectivity index (χ2n) is 1.91. The van der Waals surface area contributed by atoms with E-state index >= 15 is 0 Å². The largest absolute Gasteiger partial charge is 0.402 e. The molecule has 4 N–H and O–H groups in total. The lowest BCUT2D eigenvalue weighted by atomic mass is 10.2. The van der Waals surface area contributed by atoms with Gasteiger partial charge in [0.05, 0.1) is 5.57 Å². The van der Waals surface area contributed by atoms with Crippen LogP contribution in [0.5, 0.6) is 0 Å². The van der Waals surface area contributed by atoms with Gasteiger partial charge in [-0.1, -0.05) is 6.92 Å². The van der Waals surface area contributed by atoms with Gasteiger partial charge in [0.25, 0.3) is 0 Å². The minimum Gasteiger partial charge on any atom is -0.402 e. The number of nitrogens with two attached hydrogens (primary N) is 2. The fraction of sp³-hybridized carbons (Fsp3) is 0.500. The molecule has 0 bridgehead atoms. The highest BCUT2D eigenvalue weighted by atomic mass is 16.7. The molecule has 0 radical (unpaired) electrons. The van der Waals surface area contributed by atoms with Crippen LogP contribution in [0.4, 0.5) is 0 Å². The summed E-state index contributed by atoms with van der Waals surface area (Å²) in [5.41, 5.74) is 6.31. The fourth-order valence-corrected chi connectivity index (χ4v) is 0.485. The van der Waals surface area contributed by atoms with E-state index in [9.17, 15) is 4.79 Å². The van der Waals surface area contributed by atoms with E-state index in [1.54, 1.807) is 6.92 Å². The van der Waals surface area contributed by atoms with Gasteiger partial charge in [-0.25, -0.2) is 4.79 Å². The highest BCUT2D eigenvalue weighted by Gasteiger charge is 2.06. The lowest BCUT2D eigenvalue weighted by molar-refractivity contribution is -0.139. The molecule has 0 aromatic heterocycles. The Morgan fingerprint density at radius 1 is 1.60 bits per heavy atom. The maximum absolute atomic E-state index is 10.6. The summed E-state index contributed by atoms with van der Waals surface area (Å²) in [5, 5.41) is 0. The predicted molar refractivity (Wildman–Crippen MR) is 37.5 cm³/mol. The molecule has 0 rings (SSSR count). The maximum atomic E-state index is 10.6. The van der Waals surface area contributed by atoms with Gasteiger partial charge in [-0.2, -0.15) is 5.90 Å². The van der Waals surface area contributed by atoms with Gasteiger partial charge in [0.2, 0.25) is 0 Å². The van der Waals surface area contributed by atoms with Crippen LogP contribution in [-0.4, -0.2) is 5.97 Å². The van der Waals surface area contributed by atoms with Gasteiger partial charge >= 0.3 is 5.97 Å². The molecule has 0 amide bonds. The molecular formula is C6H12N2O2. The quantitative estimate of drug-likeness (QED) is 0.424. The van der Waals surface area contributed by atoms with Gasteiger partial charge in [0.1, 0.15) is 0 Å². The van der Waals surface area contributed by atoms with Gasteiger partial charge in [-0.3, -0.25) is 0 Å². The number of rotatable bonds is 2. The SMILES string of the molecule is CCC(N)=C(C)C(=O)ON. The lowest BCUT2D eigenvalue weighted by Gasteiger charge is -2.00. The van der Waals surface area contributed by atoms with Crippen LogP contribution in [0.3, 0.4) is 0 Å². The molecule has 0 saturated heterocycles. The second-order valence-corrected chi connectivity index (χ2v) is 1.91. The van der Waals surface area contributed by atoms with E-state index in [2.05, 4.69) is 10.7 Å². The summed E-state index contributed by atoms with van der Waals surface area (Å²) in [6.45, 7) is 3.43. The van der Waals surface area contributed by atoms with Crippen LogP contribution in [-0.2, 0) is 9.63 Å². The first-order valence-electron chi connectivity index (χ1n) is 2.99. The molecular weight excluding hydrogens is 132 g/mol. The first-order valence-corrected chi connectivity index (χ1v) is 2.99. The molecule has 0 atom stereocenters. The molecule has 0 aliphatic carbocycles.